The lowest BCUT2D eigenvalue weighted by atomic mass is 10.0. The van der Waals surface area contributed by atoms with Gasteiger partial charge in [0.15, 0.2) is 0 Å². The Labute approximate surface area is 322 Å². The summed E-state index contributed by atoms with van der Waals surface area (Å²) in [6.07, 6.45) is 2.44. The highest BCUT2D eigenvalue weighted by Crippen LogP contribution is 2.13. The normalized spacial score (nSPS) is 8.37. The van der Waals surface area contributed by atoms with Gasteiger partial charge in [0.2, 0.25) is 0 Å². The summed E-state index contributed by atoms with van der Waals surface area (Å²) in [5, 5.41) is 0. The molecule has 51 heavy (non-hydrogen) atoms. The Balaban J connectivity index is -0.000000256. The molecule has 0 heterocycles. The number of carbonyl (C=O) groups is 1. The first-order valence-electron chi connectivity index (χ1n) is 18.2. The van der Waals surface area contributed by atoms with Crippen LogP contribution in [0.1, 0.15) is 101 Å². The van der Waals surface area contributed by atoms with Gasteiger partial charge in [-0.15, -0.1) is 0 Å². The molecule has 0 unspecified atom stereocenters. The minimum absolute atomic E-state index is 0.750. The van der Waals surface area contributed by atoms with Crippen LogP contribution in [0.2, 0.25) is 0 Å². The fourth-order valence-electron chi connectivity index (χ4n) is 3.76. The van der Waals surface area contributed by atoms with E-state index in [1.807, 2.05) is 27.7 Å². The largest absolute Gasteiger partial charge is 0.304 e. The number of thiol groups is 1. The molecule has 0 amide bonds. The Hall–Kier alpha value is -3.88. The van der Waals surface area contributed by atoms with Gasteiger partial charge in [0, 0.05) is 0 Å². The van der Waals surface area contributed by atoms with Gasteiger partial charge in [0.1, 0.15) is 6.29 Å². The standard InChI is InChI=1S/C10H14.4C8H10.C2H4O.2C2H6.CH4S/c1-7-5-9(3)10(4)6-8(7)2;4*1-7-5-3-4-6-8(7)2;1-2-3;3*1-2/h5-6H,1-4H3;4*3-6H,1-2H3;2H,1H3;2*1-2H3;2H,1H3. The lowest BCUT2D eigenvalue weighted by Crippen LogP contribution is -1.86. The summed E-state index contributed by atoms with van der Waals surface area (Å²) < 4.78 is 0. The van der Waals surface area contributed by atoms with E-state index in [0.717, 1.165) is 6.29 Å². The van der Waals surface area contributed by atoms with Crippen LogP contribution < -0.4 is 0 Å². The molecule has 0 aliphatic heterocycles. The second kappa shape index (κ2) is 35.9. The Morgan fingerprint density at radius 3 is 0.490 bits per heavy atom. The summed E-state index contributed by atoms with van der Waals surface area (Å²) in [5.74, 6) is 0. The first-order valence-corrected chi connectivity index (χ1v) is 19.1. The zero-order valence-electron chi connectivity index (χ0n) is 35.8. The molecular weight excluding hydrogens is 637 g/mol. The molecule has 0 aliphatic rings. The van der Waals surface area contributed by atoms with Crippen molar-refractivity contribution >= 4 is 18.9 Å². The number of hydrogen-bond donors (Lipinski definition) is 1. The third-order valence-electron chi connectivity index (χ3n) is 7.81. The Morgan fingerprint density at radius 2 is 0.412 bits per heavy atom. The van der Waals surface area contributed by atoms with E-state index >= 15 is 0 Å². The fourth-order valence-corrected chi connectivity index (χ4v) is 3.76. The van der Waals surface area contributed by atoms with Crippen molar-refractivity contribution in [2.45, 2.75) is 118 Å². The second-order valence-corrected chi connectivity index (χ2v) is 11.6. The van der Waals surface area contributed by atoms with Crippen molar-refractivity contribution < 1.29 is 4.79 Å². The summed E-state index contributed by atoms with van der Waals surface area (Å²) in [4.78, 5) is 8.81. The average molecular weight is 711 g/mol. The molecule has 0 aromatic heterocycles. The first-order chi connectivity index (χ1) is 24.2. The van der Waals surface area contributed by atoms with Crippen LogP contribution in [-0.4, -0.2) is 12.5 Å². The fraction of sp³-hybridized carbons (Fsp3) is 0.367. The summed E-state index contributed by atoms with van der Waals surface area (Å²) >= 11 is 3.53. The van der Waals surface area contributed by atoms with E-state index < -0.39 is 0 Å². The molecule has 0 fully saturated rings. The number of aryl methyl sites for hydroxylation is 12. The molecule has 5 rings (SSSR count). The van der Waals surface area contributed by atoms with Crippen LogP contribution in [-0.2, 0) is 4.79 Å². The van der Waals surface area contributed by atoms with Crippen LogP contribution in [0.15, 0.2) is 109 Å². The maximum Gasteiger partial charge on any atom is 0.116 e. The highest BCUT2D eigenvalue weighted by atomic mass is 32.1. The van der Waals surface area contributed by atoms with Crippen LogP contribution >= 0.6 is 12.6 Å². The summed E-state index contributed by atoms with van der Waals surface area (Å²) in [6, 6.07) is 37.9. The number of benzene rings is 5. The third kappa shape index (κ3) is 28.5. The molecule has 0 aliphatic carbocycles. The van der Waals surface area contributed by atoms with Crippen molar-refractivity contribution in [1.82, 2.24) is 0 Å². The average Bonchev–Trinajstić information content (AvgIpc) is 3.13. The molecular formula is C49H74OS. The molecule has 1 nitrogen and oxygen atoms in total. The van der Waals surface area contributed by atoms with Crippen molar-refractivity contribution in [3.8, 4) is 0 Å². The Kier molecular flexibility index (Phi) is 38.0. The molecule has 0 bridgehead atoms. The summed E-state index contributed by atoms with van der Waals surface area (Å²) in [7, 11) is 0. The number of carbonyl (C=O) groups excluding carboxylic acids is 1. The van der Waals surface area contributed by atoms with Crippen LogP contribution in [0.4, 0.5) is 0 Å². The molecule has 5 aromatic carbocycles. The highest BCUT2D eigenvalue weighted by molar-refractivity contribution is 7.79. The van der Waals surface area contributed by atoms with Gasteiger partial charge in [0.05, 0.1) is 0 Å². The predicted molar refractivity (Wildman–Crippen MR) is 238 cm³/mol. The molecule has 0 spiro atoms. The van der Waals surface area contributed by atoms with Crippen molar-refractivity contribution in [2.24, 2.45) is 0 Å². The molecule has 282 valence electrons. The summed E-state index contributed by atoms with van der Waals surface area (Å²) in [5.41, 5.74) is 16.5. The van der Waals surface area contributed by atoms with Crippen LogP contribution in [0.25, 0.3) is 0 Å². The molecule has 0 radical (unpaired) electrons. The van der Waals surface area contributed by atoms with Crippen LogP contribution in [0.5, 0.6) is 0 Å². The van der Waals surface area contributed by atoms with Gasteiger partial charge in [-0.3, -0.25) is 0 Å². The van der Waals surface area contributed by atoms with Gasteiger partial charge in [-0.05, 0) is 163 Å². The van der Waals surface area contributed by atoms with Crippen molar-refractivity contribution in [2.75, 3.05) is 6.26 Å². The predicted octanol–water partition coefficient (Wildman–Crippen LogP) is 14.9. The van der Waals surface area contributed by atoms with E-state index in [9.17, 15) is 0 Å². The monoisotopic (exact) mass is 711 g/mol. The minimum Gasteiger partial charge on any atom is -0.304 e. The molecule has 0 saturated heterocycles. The van der Waals surface area contributed by atoms with Crippen LogP contribution in [0, 0.1) is 83.1 Å². The van der Waals surface area contributed by atoms with E-state index in [2.05, 4.69) is 205 Å². The van der Waals surface area contributed by atoms with E-state index in [1.165, 1.54) is 73.7 Å². The molecule has 0 saturated carbocycles. The topological polar surface area (TPSA) is 17.1 Å². The zero-order valence-corrected chi connectivity index (χ0v) is 36.7. The van der Waals surface area contributed by atoms with Gasteiger partial charge < -0.3 is 4.79 Å². The Bertz CT molecular complexity index is 1240. The third-order valence-corrected chi connectivity index (χ3v) is 7.81. The van der Waals surface area contributed by atoms with E-state index in [0.29, 0.717) is 0 Å². The van der Waals surface area contributed by atoms with Crippen molar-refractivity contribution in [3.05, 3.63) is 176 Å². The van der Waals surface area contributed by atoms with Crippen molar-refractivity contribution in [3.63, 3.8) is 0 Å². The number of aldehydes is 1. The maximum atomic E-state index is 8.81. The smallest absolute Gasteiger partial charge is 0.116 e. The minimum atomic E-state index is 0.750. The zero-order chi connectivity index (χ0) is 40.4. The van der Waals surface area contributed by atoms with Gasteiger partial charge in [0.25, 0.3) is 0 Å². The Morgan fingerprint density at radius 1 is 0.314 bits per heavy atom. The maximum absolute atomic E-state index is 8.81. The summed E-state index contributed by atoms with van der Waals surface area (Å²) in [6.45, 7) is 35.0. The molecule has 0 N–H and O–H groups in total. The van der Waals surface area contributed by atoms with Crippen LogP contribution in [0.3, 0.4) is 0 Å². The van der Waals surface area contributed by atoms with Gasteiger partial charge in [-0.2, -0.15) is 12.6 Å². The molecule has 2 heteroatoms. The lowest BCUT2D eigenvalue weighted by molar-refractivity contribution is -0.106. The van der Waals surface area contributed by atoms with E-state index in [4.69, 9.17) is 4.79 Å². The van der Waals surface area contributed by atoms with Crippen molar-refractivity contribution in [1.29, 1.82) is 0 Å². The SMILES string of the molecule is CC.CC.CC=O.CS.Cc1cc(C)c(C)cc1C.Cc1ccccc1C.Cc1ccccc1C.Cc1ccccc1C.Cc1ccccc1C. The van der Waals surface area contributed by atoms with Gasteiger partial charge in [-0.25, -0.2) is 0 Å². The molecule has 0 atom stereocenters. The van der Waals surface area contributed by atoms with Gasteiger partial charge >= 0.3 is 0 Å². The number of hydrogen-bond acceptors (Lipinski definition) is 2. The highest BCUT2D eigenvalue weighted by Gasteiger charge is 1.95. The quantitative estimate of drug-likeness (QED) is 0.125. The second-order valence-electron chi connectivity index (χ2n) is 11.6. The lowest BCUT2D eigenvalue weighted by Gasteiger charge is -2.04. The molecule has 5 aromatic rings. The van der Waals surface area contributed by atoms with Gasteiger partial charge in [-0.1, -0.05) is 137 Å². The number of rotatable bonds is 0. The van der Waals surface area contributed by atoms with E-state index in [-0.39, 0.29) is 0 Å². The van der Waals surface area contributed by atoms with E-state index in [1.54, 1.807) is 6.26 Å². The first kappa shape index (κ1) is 53.9.